The first-order valence-electron chi connectivity index (χ1n) is 9.79. The van der Waals surface area contributed by atoms with Crippen molar-refractivity contribution in [1.29, 1.82) is 0 Å². The summed E-state index contributed by atoms with van der Waals surface area (Å²) in [5.41, 5.74) is 4.54. The van der Waals surface area contributed by atoms with Crippen LogP contribution in [0.25, 0.3) is 11.0 Å². The van der Waals surface area contributed by atoms with E-state index >= 15 is 0 Å². The number of nitrogens with zero attached hydrogens (tertiary/aromatic N) is 2. The van der Waals surface area contributed by atoms with Gasteiger partial charge in [-0.3, -0.25) is 9.36 Å². The highest BCUT2D eigenvalue weighted by atomic mass is 35.5. The smallest absolute Gasteiger partial charge is 0.255 e. The van der Waals surface area contributed by atoms with Gasteiger partial charge in [-0.25, -0.2) is 4.98 Å². The molecule has 5 nitrogen and oxygen atoms in total. The second-order valence-electron chi connectivity index (χ2n) is 7.34. The van der Waals surface area contributed by atoms with Gasteiger partial charge in [-0.15, -0.1) is 0 Å². The molecule has 2 heterocycles. The van der Waals surface area contributed by atoms with Crippen LogP contribution in [0.4, 0.5) is 11.6 Å². The van der Waals surface area contributed by atoms with Gasteiger partial charge in [-0.1, -0.05) is 53.5 Å². The Hall–Kier alpha value is -3.28. The lowest BCUT2D eigenvalue weighted by atomic mass is 9.94. The highest BCUT2D eigenvalue weighted by molar-refractivity contribution is 6.31. The lowest BCUT2D eigenvalue weighted by Crippen LogP contribution is -2.31. The number of allylic oxidation sites excluding steroid dienone is 1. The normalized spacial score (nSPS) is 15.5. The molecule has 2 N–H and O–H groups in total. The molecular formula is C24H18Cl2N4O. The third kappa shape index (κ3) is 3.46. The van der Waals surface area contributed by atoms with Crippen molar-refractivity contribution in [3.63, 3.8) is 0 Å². The highest BCUT2D eigenvalue weighted by Gasteiger charge is 2.35. The third-order valence-corrected chi connectivity index (χ3v) is 5.97. The predicted molar refractivity (Wildman–Crippen MR) is 126 cm³/mol. The van der Waals surface area contributed by atoms with Gasteiger partial charge in [0.25, 0.3) is 5.91 Å². The summed E-state index contributed by atoms with van der Waals surface area (Å²) in [7, 11) is 0. The van der Waals surface area contributed by atoms with E-state index in [2.05, 4.69) is 10.6 Å². The number of para-hydroxylation sites is 2. The summed E-state index contributed by atoms with van der Waals surface area (Å²) in [6, 6.07) is 22.0. The van der Waals surface area contributed by atoms with Crippen molar-refractivity contribution in [2.75, 3.05) is 10.6 Å². The molecule has 5 rings (SSSR count). The SMILES string of the molecule is CC1=C(C(=O)Nc2ccc(Cl)cc2)C(c2ccccc2Cl)n2c(nc3ccccc32)N1. The number of fused-ring (bicyclic) bond motifs is 3. The fourth-order valence-corrected chi connectivity index (χ4v) is 4.35. The van der Waals surface area contributed by atoms with Gasteiger partial charge in [-0.05, 0) is 55.0 Å². The topological polar surface area (TPSA) is 59.0 Å². The number of carbonyl (C=O) groups excluding carboxylic acids is 1. The average Bonchev–Trinajstić information content (AvgIpc) is 3.12. The van der Waals surface area contributed by atoms with E-state index in [0.29, 0.717) is 27.3 Å². The van der Waals surface area contributed by atoms with Crippen LogP contribution in [0.2, 0.25) is 10.0 Å². The molecule has 0 aliphatic carbocycles. The molecule has 0 spiro atoms. The van der Waals surface area contributed by atoms with E-state index in [1.54, 1.807) is 24.3 Å². The number of benzene rings is 3. The molecule has 1 aliphatic heterocycles. The Morgan fingerprint density at radius 1 is 1.00 bits per heavy atom. The van der Waals surface area contributed by atoms with Crippen LogP contribution in [-0.2, 0) is 4.79 Å². The number of imidazole rings is 1. The predicted octanol–water partition coefficient (Wildman–Crippen LogP) is 6.27. The summed E-state index contributed by atoms with van der Waals surface area (Å²) in [5.74, 6) is 0.451. The van der Waals surface area contributed by atoms with Crippen molar-refractivity contribution >= 4 is 51.8 Å². The standard InChI is InChI=1S/C24H18Cl2N4O/c1-14-21(23(31)28-16-12-10-15(25)11-13-16)22(17-6-2-3-7-18(17)26)30-20-9-5-4-8-19(20)29-24(30)27-14/h2-13,22H,1H3,(H,27,29)(H,28,31). The number of anilines is 2. The van der Waals surface area contributed by atoms with Gasteiger partial charge in [0.15, 0.2) is 0 Å². The van der Waals surface area contributed by atoms with Crippen LogP contribution in [-0.4, -0.2) is 15.5 Å². The molecule has 0 saturated carbocycles. The Bertz CT molecular complexity index is 1340. The van der Waals surface area contributed by atoms with Crippen LogP contribution in [0.15, 0.2) is 84.1 Å². The number of halogens is 2. The van der Waals surface area contributed by atoms with Crippen molar-refractivity contribution in [3.05, 3.63) is 99.7 Å². The maximum absolute atomic E-state index is 13.5. The molecule has 1 unspecified atom stereocenters. The van der Waals surface area contributed by atoms with Crippen molar-refractivity contribution in [2.45, 2.75) is 13.0 Å². The second kappa shape index (κ2) is 7.76. The van der Waals surface area contributed by atoms with Crippen LogP contribution in [0, 0.1) is 0 Å². The molecule has 154 valence electrons. The molecule has 1 aliphatic rings. The van der Waals surface area contributed by atoms with Crippen LogP contribution < -0.4 is 10.6 Å². The van der Waals surface area contributed by atoms with Gasteiger partial charge in [0.1, 0.15) is 0 Å². The molecular weight excluding hydrogens is 431 g/mol. The zero-order chi connectivity index (χ0) is 21.5. The number of nitrogens with one attached hydrogen (secondary N) is 2. The van der Waals surface area contributed by atoms with Crippen molar-refractivity contribution in [2.24, 2.45) is 0 Å². The zero-order valence-electron chi connectivity index (χ0n) is 16.6. The molecule has 0 bridgehead atoms. The summed E-state index contributed by atoms with van der Waals surface area (Å²) in [5, 5.41) is 7.48. The van der Waals surface area contributed by atoms with Gasteiger partial charge in [0, 0.05) is 21.4 Å². The molecule has 1 atom stereocenters. The fourth-order valence-electron chi connectivity index (χ4n) is 3.98. The van der Waals surface area contributed by atoms with E-state index in [-0.39, 0.29) is 5.91 Å². The van der Waals surface area contributed by atoms with Crippen LogP contribution in [0.1, 0.15) is 18.5 Å². The second-order valence-corrected chi connectivity index (χ2v) is 8.19. The highest BCUT2D eigenvalue weighted by Crippen LogP contribution is 2.41. The minimum Gasteiger partial charge on any atom is -0.329 e. The van der Waals surface area contributed by atoms with Crippen molar-refractivity contribution < 1.29 is 4.79 Å². The summed E-state index contributed by atoms with van der Waals surface area (Å²) >= 11 is 12.6. The van der Waals surface area contributed by atoms with E-state index in [1.165, 1.54) is 0 Å². The van der Waals surface area contributed by atoms with Crippen molar-refractivity contribution in [1.82, 2.24) is 9.55 Å². The van der Waals surface area contributed by atoms with Crippen LogP contribution in [0.3, 0.4) is 0 Å². The summed E-state index contributed by atoms with van der Waals surface area (Å²) < 4.78 is 2.03. The summed E-state index contributed by atoms with van der Waals surface area (Å²) in [4.78, 5) is 18.2. The number of amides is 1. The number of aromatic nitrogens is 2. The Balaban J connectivity index is 1.67. The molecule has 1 amide bonds. The van der Waals surface area contributed by atoms with Gasteiger partial charge >= 0.3 is 0 Å². The van der Waals surface area contributed by atoms with E-state index in [4.69, 9.17) is 28.2 Å². The first kappa shape index (κ1) is 19.7. The number of carbonyl (C=O) groups is 1. The first-order chi connectivity index (χ1) is 15.0. The number of hydrogen-bond acceptors (Lipinski definition) is 3. The third-order valence-electron chi connectivity index (χ3n) is 5.38. The Kier molecular flexibility index (Phi) is 4.93. The molecule has 7 heteroatoms. The molecule has 0 saturated heterocycles. The number of rotatable bonds is 3. The van der Waals surface area contributed by atoms with Gasteiger partial charge in [0.2, 0.25) is 5.95 Å². The van der Waals surface area contributed by atoms with E-state index in [1.807, 2.05) is 60.0 Å². The number of hydrogen-bond donors (Lipinski definition) is 2. The Morgan fingerprint density at radius 2 is 1.71 bits per heavy atom. The first-order valence-corrected chi connectivity index (χ1v) is 10.5. The van der Waals surface area contributed by atoms with E-state index in [9.17, 15) is 4.79 Å². The van der Waals surface area contributed by atoms with E-state index in [0.717, 1.165) is 22.3 Å². The quantitative estimate of drug-likeness (QED) is 0.388. The minimum absolute atomic E-state index is 0.222. The fraction of sp³-hybridized carbons (Fsp3) is 0.0833. The average molecular weight is 449 g/mol. The molecule has 4 aromatic rings. The summed E-state index contributed by atoms with van der Waals surface area (Å²) in [6.07, 6.45) is 0. The van der Waals surface area contributed by atoms with Gasteiger partial charge < -0.3 is 10.6 Å². The minimum atomic E-state index is -0.440. The molecule has 1 aromatic heterocycles. The molecule has 3 aromatic carbocycles. The largest absolute Gasteiger partial charge is 0.329 e. The maximum Gasteiger partial charge on any atom is 0.255 e. The monoisotopic (exact) mass is 448 g/mol. The van der Waals surface area contributed by atoms with Crippen LogP contribution in [0.5, 0.6) is 0 Å². The lowest BCUT2D eigenvalue weighted by molar-refractivity contribution is -0.113. The maximum atomic E-state index is 13.5. The summed E-state index contributed by atoms with van der Waals surface area (Å²) in [6.45, 7) is 1.88. The zero-order valence-corrected chi connectivity index (χ0v) is 18.1. The van der Waals surface area contributed by atoms with Crippen molar-refractivity contribution in [3.8, 4) is 0 Å². The lowest BCUT2D eigenvalue weighted by Gasteiger charge is -2.31. The molecule has 0 radical (unpaired) electrons. The van der Waals surface area contributed by atoms with E-state index < -0.39 is 6.04 Å². The van der Waals surface area contributed by atoms with Gasteiger partial charge in [0.05, 0.1) is 22.6 Å². The Morgan fingerprint density at radius 3 is 2.48 bits per heavy atom. The van der Waals surface area contributed by atoms with Crippen LogP contribution >= 0.6 is 23.2 Å². The Labute approximate surface area is 189 Å². The molecule has 0 fully saturated rings. The molecule has 31 heavy (non-hydrogen) atoms. The van der Waals surface area contributed by atoms with Gasteiger partial charge in [-0.2, -0.15) is 0 Å².